The Morgan fingerprint density at radius 3 is 2.46 bits per heavy atom. The van der Waals surface area contributed by atoms with Gasteiger partial charge in [0.25, 0.3) is 5.91 Å². The zero-order valence-corrected chi connectivity index (χ0v) is 15.1. The third-order valence-electron chi connectivity index (χ3n) is 4.62. The van der Waals surface area contributed by atoms with E-state index < -0.39 is 0 Å². The third-order valence-corrected chi connectivity index (χ3v) is 4.87. The van der Waals surface area contributed by atoms with Crippen molar-refractivity contribution < 1.29 is 14.7 Å². The maximum Gasteiger partial charge on any atom is 0.253 e. The zero-order valence-electron chi connectivity index (χ0n) is 14.3. The second-order valence-corrected chi connectivity index (χ2v) is 6.86. The highest BCUT2D eigenvalue weighted by Crippen LogP contribution is 2.22. The Morgan fingerprint density at radius 2 is 1.81 bits per heavy atom. The molecule has 0 atom stereocenters. The average molecular weight is 373 g/mol. The number of nitrogens with zero attached hydrogens (tertiary/aromatic N) is 1. The first kappa shape index (κ1) is 18.4. The summed E-state index contributed by atoms with van der Waals surface area (Å²) < 4.78 is 0. The number of hydrogen-bond donors (Lipinski definition) is 2. The molecule has 26 heavy (non-hydrogen) atoms. The summed E-state index contributed by atoms with van der Waals surface area (Å²) in [5.74, 6) is -0.197. The maximum absolute atomic E-state index is 12.5. The molecule has 0 bridgehead atoms. The van der Waals surface area contributed by atoms with Crippen molar-refractivity contribution in [2.45, 2.75) is 19.4 Å². The van der Waals surface area contributed by atoms with Gasteiger partial charge < -0.3 is 15.3 Å². The van der Waals surface area contributed by atoms with Crippen LogP contribution in [-0.4, -0.2) is 34.9 Å². The van der Waals surface area contributed by atoms with Crippen LogP contribution in [0.4, 0.5) is 5.69 Å². The van der Waals surface area contributed by atoms with Crippen molar-refractivity contribution in [3.05, 3.63) is 64.7 Å². The molecule has 0 radical (unpaired) electrons. The van der Waals surface area contributed by atoms with E-state index in [1.54, 1.807) is 53.4 Å². The van der Waals surface area contributed by atoms with E-state index in [4.69, 9.17) is 11.6 Å². The summed E-state index contributed by atoms with van der Waals surface area (Å²) >= 11 is 5.86. The largest absolute Gasteiger partial charge is 0.392 e. The molecule has 0 saturated carbocycles. The van der Waals surface area contributed by atoms with Crippen LogP contribution in [0.5, 0.6) is 0 Å². The first-order valence-corrected chi connectivity index (χ1v) is 9.00. The van der Waals surface area contributed by atoms with E-state index >= 15 is 0 Å². The lowest BCUT2D eigenvalue weighted by Crippen LogP contribution is -2.41. The molecule has 136 valence electrons. The molecule has 1 aliphatic heterocycles. The highest BCUT2D eigenvalue weighted by Gasteiger charge is 2.27. The van der Waals surface area contributed by atoms with E-state index in [9.17, 15) is 14.7 Å². The van der Waals surface area contributed by atoms with Crippen molar-refractivity contribution in [2.24, 2.45) is 5.92 Å². The number of amides is 2. The van der Waals surface area contributed by atoms with Gasteiger partial charge in [-0.2, -0.15) is 0 Å². The van der Waals surface area contributed by atoms with Crippen molar-refractivity contribution in [3.8, 4) is 0 Å². The highest BCUT2D eigenvalue weighted by atomic mass is 35.5. The molecule has 0 aliphatic carbocycles. The van der Waals surface area contributed by atoms with Crippen molar-refractivity contribution in [1.82, 2.24) is 4.90 Å². The Morgan fingerprint density at radius 1 is 1.12 bits per heavy atom. The van der Waals surface area contributed by atoms with Crippen LogP contribution in [0.1, 0.15) is 28.8 Å². The van der Waals surface area contributed by atoms with E-state index in [0.29, 0.717) is 42.2 Å². The van der Waals surface area contributed by atoms with Gasteiger partial charge in [-0.05, 0) is 54.8 Å². The summed E-state index contributed by atoms with van der Waals surface area (Å²) in [5, 5.41) is 12.7. The fourth-order valence-corrected chi connectivity index (χ4v) is 3.24. The highest BCUT2D eigenvalue weighted by molar-refractivity contribution is 6.30. The van der Waals surface area contributed by atoms with Crippen LogP contribution < -0.4 is 5.32 Å². The van der Waals surface area contributed by atoms with Crippen LogP contribution >= 0.6 is 11.6 Å². The standard InChI is InChI=1S/C20H21ClN2O3/c21-17-6-4-16(5-7-17)20(26)23-10-8-15(9-11-23)19(25)22-18-3-1-2-14(12-18)13-24/h1-7,12,15,24H,8-11,13H2,(H,22,25). The molecule has 1 saturated heterocycles. The second-order valence-electron chi connectivity index (χ2n) is 6.42. The zero-order chi connectivity index (χ0) is 18.5. The van der Waals surface area contributed by atoms with Gasteiger partial charge in [0.2, 0.25) is 5.91 Å². The topological polar surface area (TPSA) is 69.6 Å². The van der Waals surface area contributed by atoms with E-state index in [1.165, 1.54) is 0 Å². The average Bonchev–Trinajstić information content (AvgIpc) is 2.68. The smallest absolute Gasteiger partial charge is 0.253 e. The van der Waals surface area contributed by atoms with Crippen LogP contribution in [0.25, 0.3) is 0 Å². The number of aliphatic hydroxyl groups excluding tert-OH is 1. The van der Waals surface area contributed by atoms with Crippen LogP contribution in [-0.2, 0) is 11.4 Å². The number of carbonyl (C=O) groups excluding carboxylic acids is 2. The van der Waals surface area contributed by atoms with Crippen LogP contribution in [0.15, 0.2) is 48.5 Å². The van der Waals surface area contributed by atoms with Crippen LogP contribution in [0.2, 0.25) is 5.02 Å². The maximum atomic E-state index is 12.5. The number of halogens is 1. The van der Waals surface area contributed by atoms with E-state index in [2.05, 4.69) is 5.32 Å². The predicted octanol–water partition coefficient (Wildman–Crippen LogP) is 3.32. The van der Waals surface area contributed by atoms with E-state index in [-0.39, 0.29) is 24.3 Å². The van der Waals surface area contributed by atoms with E-state index in [1.807, 2.05) is 0 Å². The van der Waals surface area contributed by atoms with Crippen molar-refractivity contribution in [1.29, 1.82) is 0 Å². The first-order chi connectivity index (χ1) is 12.6. The summed E-state index contributed by atoms with van der Waals surface area (Å²) in [6, 6.07) is 14.0. The molecule has 5 nitrogen and oxygen atoms in total. The lowest BCUT2D eigenvalue weighted by molar-refractivity contribution is -0.121. The summed E-state index contributed by atoms with van der Waals surface area (Å²) in [6.45, 7) is 1.04. The first-order valence-electron chi connectivity index (χ1n) is 8.62. The van der Waals surface area contributed by atoms with Crippen LogP contribution in [0, 0.1) is 5.92 Å². The number of rotatable bonds is 4. The number of carbonyl (C=O) groups is 2. The number of benzene rings is 2. The van der Waals surface area contributed by atoms with Gasteiger partial charge in [0.1, 0.15) is 0 Å². The Bertz CT molecular complexity index is 784. The molecule has 0 spiro atoms. The number of aliphatic hydroxyl groups is 1. The van der Waals surface area contributed by atoms with Gasteiger partial charge in [0.05, 0.1) is 6.61 Å². The summed E-state index contributed by atoms with van der Waals surface area (Å²) in [5.41, 5.74) is 2.05. The minimum Gasteiger partial charge on any atom is -0.392 e. The van der Waals surface area contributed by atoms with Crippen molar-refractivity contribution in [2.75, 3.05) is 18.4 Å². The number of piperidine rings is 1. The van der Waals surface area contributed by atoms with Gasteiger partial charge in [0.15, 0.2) is 0 Å². The Hall–Kier alpha value is -2.37. The molecule has 1 aliphatic rings. The molecule has 0 unspecified atom stereocenters. The minimum absolute atomic E-state index is 0.0313. The van der Waals surface area contributed by atoms with E-state index in [0.717, 1.165) is 5.56 Å². The van der Waals surface area contributed by atoms with Crippen molar-refractivity contribution >= 4 is 29.1 Å². The fraction of sp³-hybridized carbons (Fsp3) is 0.300. The molecule has 1 fully saturated rings. The number of hydrogen-bond acceptors (Lipinski definition) is 3. The molecule has 1 heterocycles. The molecule has 2 N–H and O–H groups in total. The molecule has 3 rings (SSSR count). The van der Waals surface area contributed by atoms with Gasteiger partial charge in [-0.15, -0.1) is 0 Å². The molecule has 0 aromatic heterocycles. The number of likely N-dealkylation sites (tertiary alicyclic amines) is 1. The summed E-state index contributed by atoms with van der Waals surface area (Å²) in [4.78, 5) is 26.7. The SMILES string of the molecule is O=C(Nc1cccc(CO)c1)C1CCN(C(=O)c2ccc(Cl)cc2)CC1. The molecule has 6 heteroatoms. The van der Waals surface area contributed by atoms with Gasteiger partial charge >= 0.3 is 0 Å². The molecular formula is C20H21ClN2O3. The van der Waals surface area contributed by atoms with Crippen LogP contribution in [0.3, 0.4) is 0 Å². The Labute approximate surface area is 157 Å². The third kappa shape index (κ3) is 4.42. The number of nitrogens with one attached hydrogen (secondary N) is 1. The summed E-state index contributed by atoms with van der Waals surface area (Å²) in [6.07, 6.45) is 1.26. The summed E-state index contributed by atoms with van der Waals surface area (Å²) in [7, 11) is 0. The van der Waals surface area contributed by atoms with Gasteiger partial charge in [-0.1, -0.05) is 23.7 Å². The minimum atomic E-state index is -0.123. The predicted molar refractivity (Wildman–Crippen MR) is 101 cm³/mol. The monoisotopic (exact) mass is 372 g/mol. The Kier molecular flexibility index (Phi) is 5.91. The Balaban J connectivity index is 1.55. The van der Waals surface area contributed by atoms with Gasteiger partial charge in [-0.25, -0.2) is 0 Å². The van der Waals surface area contributed by atoms with Gasteiger partial charge in [0, 0.05) is 35.3 Å². The number of anilines is 1. The molecule has 2 aromatic carbocycles. The van der Waals surface area contributed by atoms with Gasteiger partial charge in [-0.3, -0.25) is 9.59 Å². The lowest BCUT2D eigenvalue weighted by atomic mass is 9.95. The molecule has 2 amide bonds. The molecule has 2 aromatic rings. The lowest BCUT2D eigenvalue weighted by Gasteiger charge is -2.31. The second kappa shape index (κ2) is 8.34. The normalized spacial score (nSPS) is 14.9. The van der Waals surface area contributed by atoms with Crippen molar-refractivity contribution in [3.63, 3.8) is 0 Å². The molecular weight excluding hydrogens is 352 g/mol. The quantitative estimate of drug-likeness (QED) is 0.864. The fourth-order valence-electron chi connectivity index (χ4n) is 3.11.